The van der Waals surface area contributed by atoms with Crippen LogP contribution in [0.3, 0.4) is 0 Å². The average Bonchev–Trinajstić information content (AvgIpc) is 3.68. The number of esters is 1. The number of nitrogens with one attached hydrogen (secondary N) is 2. The number of phenolic OH excluding ortho intramolecular Hbond substituents is 1. The summed E-state index contributed by atoms with van der Waals surface area (Å²) in [6.45, 7) is 13.9. The number of likely N-dealkylation sites (tertiary alicyclic amines) is 1. The molecule has 1 aromatic carbocycles. The second kappa shape index (κ2) is 24.1. The van der Waals surface area contributed by atoms with E-state index >= 15 is 0 Å². The smallest absolute Gasteiger partial charge is 0.306 e. The molecular formula is C43H67N5O9S. The van der Waals surface area contributed by atoms with Gasteiger partial charge in [0.1, 0.15) is 22.5 Å². The van der Waals surface area contributed by atoms with Gasteiger partial charge in [0, 0.05) is 24.8 Å². The van der Waals surface area contributed by atoms with E-state index in [0.29, 0.717) is 24.3 Å². The van der Waals surface area contributed by atoms with Crippen molar-refractivity contribution in [2.24, 2.45) is 17.8 Å². The number of ether oxygens (including phenoxy) is 1. The molecule has 1 fully saturated rings. The molecule has 2 aromatic rings. The SMILES string of the molecule is CCCCCCON(C(=O)[C@@H](NC(=O)C1CCCCN1C)[C@@H](C)CC)[C@H](C[C@@H](OC(C)=O)c1nc(C(=O)N[C@@H](Cc2ccc(O)cc2)C[C@H](C)C(=O)O)cs1)C(C)C. The van der Waals surface area contributed by atoms with E-state index in [-0.39, 0.29) is 60.6 Å². The van der Waals surface area contributed by atoms with Crippen LogP contribution >= 0.6 is 11.3 Å². The Balaban J connectivity index is 1.93. The molecule has 0 saturated carbocycles. The first-order valence-electron chi connectivity index (χ1n) is 21.0. The fraction of sp³-hybridized carbons (Fsp3) is 0.674. The molecule has 0 spiro atoms. The molecule has 1 aliphatic heterocycles. The van der Waals surface area contributed by atoms with Crippen molar-refractivity contribution in [3.8, 4) is 5.75 Å². The van der Waals surface area contributed by atoms with E-state index < -0.39 is 48.0 Å². The first-order chi connectivity index (χ1) is 27.6. The van der Waals surface area contributed by atoms with Crippen molar-refractivity contribution in [2.75, 3.05) is 20.2 Å². The van der Waals surface area contributed by atoms with E-state index in [0.717, 1.165) is 62.0 Å². The Hall–Kier alpha value is -4.08. The number of piperidine rings is 1. The van der Waals surface area contributed by atoms with Gasteiger partial charge in [-0.2, -0.15) is 0 Å². The summed E-state index contributed by atoms with van der Waals surface area (Å²) in [7, 11) is 1.93. The van der Waals surface area contributed by atoms with E-state index in [1.165, 1.54) is 24.1 Å². The molecule has 1 saturated heterocycles. The molecule has 1 aliphatic rings. The lowest BCUT2D eigenvalue weighted by Gasteiger charge is -2.39. The van der Waals surface area contributed by atoms with Gasteiger partial charge in [-0.3, -0.25) is 33.7 Å². The molecule has 1 aromatic heterocycles. The number of aliphatic carboxylic acids is 1. The number of carboxylic acids is 1. The minimum absolute atomic E-state index is 0.0734. The van der Waals surface area contributed by atoms with Crippen molar-refractivity contribution in [1.82, 2.24) is 25.6 Å². The summed E-state index contributed by atoms with van der Waals surface area (Å²) in [5.41, 5.74) is 0.877. The predicted octanol–water partition coefficient (Wildman–Crippen LogP) is 6.68. The van der Waals surface area contributed by atoms with Gasteiger partial charge in [-0.1, -0.05) is 85.8 Å². The van der Waals surface area contributed by atoms with Crippen molar-refractivity contribution in [2.45, 2.75) is 149 Å². The maximum Gasteiger partial charge on any atom is 0.306 e. The number of likely N-dealkylation sites (N-methyl/N-ethyl adjacent to an activating group) is 1. The molecule has 15 heteroatoms. The molecule has 3 amide bonds. The lowest BCUT2D eigenvalue weighted by Crippen LogP contribution is -2.58. The van der Waals surface area contributed by atoms with Crippen LogP contribution in [0.2, 0.25) is 0 Å². The number of aromatic nitrogens is 1. The van der Waals surface area contributed by atoms with Gasteiger partial charge in [0.15, 0.2) is 6.10 Å². The molecule has 0 bridgehead atoms. The zero-order valence-electron chi connectivity index (χ0n) is 35.7. The fourth-order valence-electron chi connectivity index (χ4n) is 7.18. The highest BCUT2D eigenvalue weighted by Gasteiger charge is 2.40. The minimum Gasteiger partial charge on any atom is -0.508 e. The Kier molecular flexibility index (Phi) is 20.1. The first-order valence-corrected chi connectivity index (χ1v) is 21.8. The van der Waals surface area contributed by atoms with Gasteiger partial charge >= 0.3 is 11.9 Å². The van der Waals surface area contributed by atoms with Gasteiger partial charge in [0.2, 0.25) is 5.91 Å². The molecule has 3 rings (SSSR count). The monoisotopic (exact) mass is 829 g/mol. The number of amides is 3. The Morgan fingerprint density at radius 2 is 1.71 bits per heavy atom. The maximum atomic E-state index is 14.8. The van der Waals surface area contributed by atoms with E-state index in [2.05, 4.69) is 22.5 Å². The molecule has 324 valence electrons. The van der Waals surface area contributed by atoms with Crippen LogP contribution in [0, 0.1) is 17.8 Å². The quantitative estimate of drug-likeness (QED) is 0.0503. The highest BCUT2D eigenvalue weighted by atomic mass is 32.1. The standard InChI is InChI=1S/C43H67N5O9S/c1-9-11-12-15-22-56-48(42(53)38(28(5)10-2)46-40(52)35-16-13-14-21-47(35)8)36(27(3)4)25-37(57-30(7)49)41-45-34(26-58-41)39(51)44-32(23-29(6)43(54)55)24-31-17-19-33(50)20-18-31/h17-20,26-29,32,35-38,50H,9-16,21-25H2,1-8H3,(H,44,51)(H,46,52)(H,54,55)/t28-,29-,32+,35?,36+,37+,38-/m0/s1. The molecule has 2 heterocycles. The number of carbonyl (C=O) groups is 5. The number of hydroxylamine groups is 2. The zero-order valence-corrected chi connectivity index (χ0v) is 36.5. The number of phenols is 1. The van der Waals surface area contributed by atoms with Crippen LogP contribution in [-0.4, -0.2) is 99.2 Å². The Bertz CT molecular complexity index is 1620. The Morgan fingerprint density at radius 1 is 1.00 bits per heavy atom. The lowest BCUT2D eigenvalue weighted by atomic mass is 9.93. The number of benzene rings is 1. The molecule has 1 unspecified atom stereocenters. The number of nitrogens with zero attached hydrogens (tertiary/aromatic N) is 3. The van der Waals surface area contributed by atoms with Crippen LogP contribution in [0.25, 0.3) is 0 Å². The van der Waals surface area contributed by atoms with Crippen molar-refractivity contribution in [3.63, 3.8) is 0 Å². The summed E-state index contributed by atoms with van der Waals surface area (Å²) < 4.78 is 5.85. The number of unbranched alkanes of at least 4 members (excludes halogenated alkanes) is 3. The Labute approximate surface area is 348 Å². The van der Waals surface area contributed by atoms with Crippen molar-refractivity contribution in [1.29, 1.82) is 0 Å². The summed E-state index contributed by atoms with van der Waals surface area (Å²) >= 11 is 1.14. The van der Waals surface area contributed by atoms with Crippen LogP contribution in [-0.2, 0) is 35.2 Å². The van der Waals surface area contributed by atoms with Crippen molar-refractivity contribution < 1.29 is 43.8 Å². The van der Waals surface area contributed by atoms with Crippen LogP contribution in [0.4, 0.5) is 0 Å². The number of hydrogen-bond donors (Lipinski definition) is 4. The number of thiazole rings is 1. The Morgan fingerprint density at radius 3 is 2.31 bits per heavy atom. The highest BCUT2D eigenvalue weighted by molar-refractivity contribution is 7.09. The second-order valence-electron chi connectivity index (χ2n) is 16.2. The summed E-state index contributed by atoms with van der Waals surface area (Å²) in [6.07, 6.45) is 6.68. The summed E-state index contributed by atoms with van der Waals surface area (Å²) in [6, 6.07) is 4.14. The van der Waals surface area contributed by atoms with Crippen LogP contribution in [0.15, 0.2) is 29.6 Å². The summed E-state index contributed by atoms with van der Waals surface area (Å²) in [4.78, 5) is 79.4. The van der Waals surface area contributed by atoms with Crippen LogP contribution in [0.5, 0.6) is 5.75 Å². The molecule has 7 atom stereocenters. The molecule has 4 N–H and O–H groups in total. The number of hydrogen-bond acceptors (Lipinski definition) is 11. The average molecular weight is 830 g/mol. The maximum absolute atomic E-state index is 14.8. The second-order valence-corrected chi connectivity index (χ2v) is 17.0. The van der Waals surface area contributed by atoms with Gasteiger partial charge in [0.25, 0.3) is 11.8 Å². The predicted molar refractivity (Wildman–Crippen MR) is 223 cm³/mol. The topological polar surface area (TPSA) is 188 Å². The highest BCUT2D eigenvalue weighted by Crippen LogP contribution is 2.32. The normalized spacial score (nSPS) is 17.7. The molecule has 14 nitrogen and oxygen atoms in total. The third-order valence-electron chi connectivity index (χ3n) is 11.0. The summed E-state index contributed by atoms with van der Waals surface area (Å²) in [5, 5.41) is 28.7. The number of carbonyl (C=O) groups excluding carboxylic acids is 4. The molecule has 0 aliphatic carbocycles. The van der Waals surface area contributed by atoms with Crippen LogP contribution < -0.4 is 10.6 Å². The van der Waals surface area contributed by atoms with E-state index in [1.807, 2.05) is 39.6 Å². The largest absolute Gasteiger partial charge is 0.508 e. The van der Waals surface area contributed by atoms with Gasteiger partial charge in [-0.25, -0.2) is 10.0 Å². The fourth-order valence-corrected chi connectivity index (χ4v) is 8.02. The first kappa shape index (κ1) is 48.3. The van der Waals surface area contributed by atoms with Gasteiger partial charge in [-0.15, -0.1) is 11.3 Å². The van der Waals surface area contributed by atoms with E-state index in [1.54, 1.807) is 24.4 Å². The zero-order chi connectivity index (χ0) is 42.9. The number of carboxylic acid groups (broad SMARTS) is 1. The van der Waals surface area contributed by atoms with Gasteiger partial charge in [-0.05, 0) is 75.2 Å². The minimum atomic E-state index is -0.989. The molecule has 0 radical (unpaired) electrons. The van der Waals surface area contributed by atoms with Gasteiger partial charge < -0.3 is 25.6 Å². The van der Waals surface area contributed by atoms with Crippen molar-refractivity contribution in [3.05, 3.63) is 45.9 Å². The van der Waals surface area contributed by atoms with E-state index in [9.17, 15) is 34.2 Å². The van der Waals surface area contributed by atoms with Gasteiger partial charge in [0.05, 0.1) is 24.6 Å². The molecular weight excluding hydrogens is 763 g/mol. The van der Waals surface area contributed by atoms with E-state index in [4.69, 9.17) is 9.57 Å². The number of rotatable bonds is 24. The molecule has 58 heavy (non-hydrogen) atoms. The third kappa shape index (κ3) is 14.9. The van der Waals surface area contributed by atoms with Crippen LogP contribution in [0.1, 0.15) is 140 Å². The summed E-state index contributed by atoms with van der Waals surface area (Å²) in [5.74, 6) is -3.66. The lowest BCUT2D eigenvalue weighted by molar-refractivity contribution is -0.213. The third-order valence-corrected chi connectivity index (χ3v) is 11.9. The number of aromatic hydroxyl groups is 1. The van der Waals surface area contributed by atoms with Crippen molar-refractivity contribution >= 4 is 41.0 Å².